The van der Waals surface area contributed by atoms with Gasteiger partial charge in [-0.15, -0.1) is 0 Å². The summed E-state index contributed by atoms with van der Waals surface area (Å²) in [7, 11) is 2.12. The normalized spacial score (nSPS) is 19.1. The van der Waals surface area contributed by atoms with Crippen molar-refractivity contribution in [2.24, 2.45) is 16.8 Å². The molecule has 1 saturated heterocycles. The Morgan fingerprint density at radius 1 is 1.32 bits per heavy atom. The van der Waals surface area contributed by atoms with E-state index in [1.54, 1.807) is 0 Å². The summed E-state index contributed by atoms with van der Waals surface area (Å²) in [6, 6.07) is 10.7. The minimum Gasteiger partial charge on any atom is -0.381 e. The summed E-state index contributed by atoms with van der Waals surface area (Å²) >= 11 is 0. The van der Waals surface area contributed by atoms with Gasteiger partial charge in [0.2, 0.25) is 0 Å². The lowest BCUT2D eigenvalue weighted by Crippen LogP contribution is -2.42. The summed E-state index contributed by atoms with van der Waals surface area (Å²) in [6.45, 7) is 11.0. The molecule has 0 saturated carbocycles. The van der Waals surface area contributed by atoms with E-state index in [1.807, 2.05) is 6.07 Å². The molecule has 5 heteroatoms. The summed E-state index contributed by atoms with van der Waals surface area (Å²) in [4.78, 5) is 7.14. The van der Waals surface area contributed by atoms with Crippen LogP contribution in [0.1, 0.15) is 27.2 Å². The number of nitrogens with zero attached hydrogens (tertiary/aromatic N) is 2. The first kappa shape index (κ1) is 19.6. The number of aliphatic imine (C=N–C) groups is 1. The highest BCUT2D eigenvalue weighted by Gasteiger charge is 2.20. The Hall–Kier alpha value is -1.75. The van der Waals surface area contributed by atoms with Crippen molar-refractivity contribution >= 4 is 11.6 Å². The molecule has 2 unspecified atom stereocenters. The smallest absolute Gasteiger partial charge is 0.193 e. The van der Waals surface area contributed by atoms with Gasteiger partial charge in [0.05, 0.1) is 13.2 Å². The molecule has 1 aromatic rings. The van der Waals surface area contributed by atoms with Crippen molar-refractivity contribution in [2.75, 3.05) is 45.2 Å². The molecule has 5 nitrogen and oxygen atoms in total. The number of guanidine groups is 1. The van der Waals surface area contributed by atoms with E-state index in [4.69, 9.17) is 9.73 Å². The molecule has 0 amide bonds. The molecule has 0 aliphatic carbocycles. The van der Waals surface area contributed by atoms with Gasteiger partial charge in [0.1, 0.15) is 0 Å². The topological polar surface area (TPSA) is 48.9 Å². The third-order valence-electron chi connectivity index (χ3n) is 4.62. The SMILES string of the molecule is CCNC(=NCC(Nc1ccccc1)C(C)C)N(C)CC1CCOC1. The lowest BCUT2D eigenvalue weighted by atomic mass is 10.0. The van der Waals surface area contributed by atoms with Crippen LogP contribution in [0.5, 0.6) is 0 Å². The third kappa shape index (κ3) is 6.58. The van der Waals surface area contributed by atoms with Crippen LogP contribution in [0.2, 0.25) is 0 Å². The standard InChI is InChI=1S/C20H34N4O/c1-5-21-20(24(4)14-17-11-12-25-15-17)22-13-19(16(2)3)23-18-9-7-6-8-10-18/h6-10,16-17,19,23H,5,11-15H2,1-4H3,(H,21,22). The van der Waals surface area contributed by atoms with Gasteiger partial charge in [-0.25, -0.2) is 0 Å². The predicted octanol–water partition coefficient (Wildman–Crippen LogP) is 3.06. The molecule has 0 aromatic heterocycles. The molecule has 25 heavy (non-hydrogen) atoms. The monoisotopic (exact) mass is 346 g/mol. The van der Waals surface area contributed by atoms with Crippen molar-refractivity contribution < 1.29 is 4.74 Å². The first-order valence-corrected chi connectivity index (χ1v) is 9.49. The van der Waals surface area contributed by atoms with Crippen LogP contribution in [-0.4, -0.2) is 56.8 Å². The lowest BCUT2D eigenvalue weighted by molar-refractivity contribution is 0.181. The van der Waals surface area contributed by atoms with Gasteiger partial charge in [-0.05, 0) is 31.4 Å². The van der Waals surface area contributed by atoms with Gasteiger partial charge in [0.15, 0.2) is 5.96 Å². The Bertz CT molecular complexity index is 512. The van der Waals surface area contributed by atoms with E-state index in [9.17, 15) is 0 Å². The second kappa shape index (κ2) is 10.3. The molecule has 1 heterocycles. The van der Waals surface area contributed by atoms with Crippen molar-refractivity contribution in [1.82, 2.24) is 10.2 Å². The fraction of sp³-hybridized carbons (Fsp3) is 0.650. The molecular weight excluding hydrogens is 312 g/mol. The number of nitrogens with one attached hydrogen (secondary N) is 2. The zero-order chi connectivity index (χ0) is 18.1. The highest BCUT2D eigenvalue weighted by Crippen LogP contribution is 2.14. The van der Waals surface area contributed by atoms with E-state index in [2.05, 4.69) is 67.6 Å². The van der Waals surface area contributed by atoms with E-state index < -0.39 is 0 Å². The molecule has 2 rings (SSSR count). The Kier molecular flexibility index (Phi) is 8.06. The molecule has 0 radical (unpaired) electrons. The van der Waals surface area contributed by atoms with Crippen LogP contribution in [0.3, 0.4) is 0 Å². The minimum atomic E-state index is 0.305. The molecule has 2 N–H and O–H groups in total. The van der Waals surface area contributed by atoms with Gasteiger partial charge in [-0.1, -0.05) is 32.0 Å². The number of benzene rings is 1. The van der Waals surface area contributed by atoms with Gasteiger partial charge in [0, 0.05) is 44.4 Å². The van der Waals surface area contributed by atoms with Gasteiger partial charge < -0.3 is 20.3 Å². The van der Waals surface area contributed by atoms with Crippen LogP contribution >= 0.6 is 0 Å². The molecule has 0 spiro atoms. The number of hydrogen-bond donors (Lipinski definition) is 2. The molecule has 1 fully saturated rings. The van der Waals surface area contributed by atoms with Gasteiger partial charge in [-0.3, -0.25) is 4.99 Å². The van der Waals surface area contributed by atoms with Gasteiger partial charge in [0.25, 0.3) is 0 Å². The summed E-state index contributed by atoms with van der Waals surface area (Å²) in [5.41, 5.74) is 1.15. The van der Waals surface area contributed by atoms with E-state index in [-0.39, 0.29) is 0 Å². The Morgan fingerprint density at radius 2 is 2.08 bits per heavy atom. The number of para-hydroxylation sites is 1. The van der Waals surface area contributed by atoms with E-state index in [0.29, 0.717) is 17.9 Å². The van der Waals surface area contributed by atoms with E-state index in [1.165, 1.54) is 0 Å². The number of ether oxygens (including phenoxy) is 1. The van der Waals surface area contributed by atoms with E-state index >= 15 is 0 Å². The van der Waals surface area contributed by atoms with Crippen LogP contribution in [0.15, 0.2) is 35.3 Å². The summed E-state index contributed by atoms with van der Waals surface area (Å²) in [5, 5.41) is 7.04. The quantitative estimate of drug-likeness (QED) is 0.561. The van der Waals surface area contributed by atoms with Crippen LogP contribution in [0, 0.1) is 11.8 Å². The fourth-order valence-electron chi connectivity index (χ4n) is 3.03. The maximum Gasteiger partial charge on any atom is 0.193 e. The van der Waals surface area contributed by atoms with Crippen molar-refractivity contribution in [3.63, 3.8) is 0 Å². The second-order valence-corrected chi connectivity index (χ2v) is 7.17. The van der Waals surface area contributed by atoms with Crippen LogP contribution in [-0.2, 0) is 4.74 Å². The molecular formula is C20H34N4O. The minimum absolute atomic E-state index is 0.305. The fourth-order valence-corrected chi connectivity index (χ4v) is 3.03. The third-order valence-corrected chi connectivity index (χ3v) is 4.62. The Labute approximate surface area is 152 Å². The first-order valence-electron chi connectivity index (χ1n) is 9.49. The average Bonchev–Trinajstić information content (AvgIpc) is 3.11. The summed E-state index contributed by atoms with van der Waals surface area (Å²) in [5.74, 6) is 2.09. The van der Waals surface area contributed by atoms with Crippen molar-refractivity contribution in [3.05, 3.63) is 30.3 Å². The number of hydrogen-bond acceptors (Lipinski definition) is 3. The first-order chi connectivity index (χ1) is 12.1. The highest BCUT2D eigenvalue weighted by molar-refractivity contribution is 5.79. The maximum absolute atomic E-state index is 5.50. The summed E-state index contributed by atoms with van der Waals surface area (Å²) in [6.07, 6.45) is 1.15. The van der Waals surface area contributed by atoms with E-state index in [0.717, 1.165) is 50.9 Å². The number of anilines is 1. The van der Waals surface area contributed by atoms with Gasteiger partial charge in [-0.2, -0.15) is 0 Å². The average molecular weight is 347 g/mol. The van der Waals surface area contributed by atoms with Crippen molar-refractivity contribution in [3.8, 4) is 0 Å². The molecule has 1 aliphatic heterocycles. The largest absolute Gasteiger partial charge is 0.381 e. The van der Waals surface area contributed by atoms with Gasteiger partial charge >= 0.3 is 0 Å². The summed E-state index contributed by atoms with van der Waals surface area (Å²) < 4.78 is 5.50. The predicted molar refractivity (Wildman–Crippen MR) is 106 cm³/mol. The van der Waals surface area contributed by atoms with Crippen LogP contribution in [0.4, 0.5) is 5.69 Å². The molecule has 1 aromatic carbocycles. The Morgan fingerprint density at radius 3 is 2.68 bits per heavy atom. The maximum atomic E-state index is 5.50. The molecule has 2 atom stereocenters. The van der Waals surface area contributed by atoms with Crippen molar-refractivity contribution in [2.45, 2.75) is 33.2 Å². The van der Waals surface area contributed by atoms with Crippen LogP contribution < -0.4 is 10.6 Å². The lowest BCUT2D eigenvalue weighted by Gasteiger charge is -2.26. The van der Waals surface area contributed by atoms with Crippen molar-refractivity contribution in [1.29, 1.82) is 0 Å². The van der Waals surface area contributed by atoms with Crippen LogP contribution in [0.25, 0.3) is 0 Å². The zero-order valence-electron chi connectivity index (χ0n) is 16.2. The zero-order valence-corrected chi connectivity index (χ0v) is 16.2. The molecule has 0 bridgehead atoms. The highest BCUT2D eigenvalue weighted by atomic mass is 16.5. The second-order valence-electron chi connectivity index (χ2n) is 7.17. The number of rotatable bonds is 8. The molecule has 140 valence electrons. The Balaban J connectivity index is 1.98. The molecule has 1 aliphatic rings.